The maximum atomic E-state index is 13.1. The largest absolute Gasteiger partial charge is 0.356 e. The Bertz CT molecular complexity index is 669. The number of carbonyl (C=O) groups excluding carboxylic acids is 3. The van der Waals surface area contributed by atoms with Crippen LogP contribution in [0.2, 0.25) is 0 Å². The van der Waals surface area contributed by atoms with Crippen LogP contribution in [0.5, 0.6) is 0 Å². The second kappa shape index (κ2) is 7.31. The quantitative estimate of drug-likeness (QED) is 0.746. The number of likely N-dealkylation sites (tertiary alicyclic amines) is 1. The number of nitrogens with zero attached hydrogens (tertiary/aromatic N) is 1. The van der Waals surface area contributed by atoms with Gasteiger partial charge >= 0.3 is 0 Å². The van der Waals surface area contributed by atoms with Crippen molar-refractivity contribution < 1.29 is 23.7 Å². The monoisotopic (exact) mass is 348 g/mol. The van der Waals surface area contributed by atoms with Crippen LogP contribution in [-0.4, -0.2) is 43.4 Å². The highest BCUT2D eigenvalue weighted by Gasteiger charge is 2.46. The maximum Gasteiger partial charge on any atom is 0.292 e. The van der Waals surface area contributed by atoms with E-state index in [0.29, 0.717) is 18.2 Å². The van der Waals surface area contributed by atoms with E-state index in [1.807, 2.05) is 0 Å². The first kappa shape index (κ1) is 17.5. The van der Waals surface area contributed by atoms with E-state index >= 15 is 0 Å². The predicted octanol–water partition coefficient (Wildman–Crippen LogP) is -0.111. The highest BCUT2D eigenvalue weighted by Crippen LogP contribution is 2.22. The molecule has 7 heteroatoms. The van der Waals surface area contributed by atoms with Crippen molar-refractivity contribution in [2.45, 2.75) is 32.2 Å². The molecule has 0 unspecified atom stereocenters. The van der Waals surface area contributed by atoms with E-state index in [9.17, 15) is 18.8 Å². The molecule has 2 aliphatic heterocycles. The van der Waals surface area contributed by atoms with Gasteiger partial charge in [0.15, 0.2) is 6.04 Å². The summed E-state index contributed by atoms with van der Waals surface area (Å²) in [7, 11) is 0. The van der Waals surface area contributed by atoms with Crippen LogP contribution in [0.1, 0.15) is 26.2 Å². The minimum atomic E-state index is -0.397. The number of rotatable bonds is 4. The van der Waals surface area contributed by atoms with Crippen LogP contribution in [0, 0.1) is 11.7 Å². The number of carbonyl (C=O) groups is 3. The van der Waals surface area contributed by atoms with Gasteiger partial charge < -0.3 is 10.2 Å². The Hall–Kier alpha value is -2.28. The summed E-state index contributed by atoms with van der Waals surface area (Å²) in [6.45, 7) is 3.80. The van der Waals surface area contributed by atoms with Gasteiger partial charge in [-0.15, -0.1) is 0 Å². The first-order valence-corrected chi connectivity index (χ1v) is 8.67. The molecule has 2 fully saturated rings. The molecule has 3 amide bonds. The standard InChI is InChI=1S/C18H22FN3O3/c1-12(23)20-11-13-6-8-21(9-7-13)16-10-17(24)22(18(16)25)15-4-2-14(19)3-5-15/h2-5,13,16H,6-11H2,1H3,(H,20,23)/p+1/t16-/m1/s1. The highest BCUT2D eigenvalue weighted by molar-refractivity contribution is 6.21. The number of nitrogens with one attached hydrogen (secondary N) is 2. The maximum absolute atomic E-state index is 13.1. The van der Waals surface area contributed by atoms with Crippen molar-refractivity contribution in [3.05, 3.63) is 30.1 Å². The zero-order valence-electron chi connectivity index (χ0n) is 14.3. The molecule has 2 N–H and O–H groups in total. The van der Waals surface area contributed by atoms with Gasteiger partial charge in [-0.05, 0) is 30.2 Å². The Morgan fingerprint density at radius 3 is 2.48 bits per heavy atom. The summed E-state index contributed by atoms with van der Waals surface area (Å²) in [5, 5.41) is 2.84. The van der Waals surface area contributed by atoms with Crippen molar-refractivity contribution in [1.82, 2.24) is 5.32 Å². The number of halogens is 1. The lowest BCUT2D eigenvalue weighted by atomic mass is 9.95. The predicted molar refractivity (Wildman–Crippen MR) is 89.4 cm³/mol. The molecule has 2 saturated heterocycles. The lowest BCUT2D eigenvalue weighted by Crippen LogP contribution is -3.17. The lowest BCUT2D eigenvalue weighted by molar-refractivity contribution is -0.920. The number of piperidine rings is 1. The van der Waals surface area contributed by atoms with Crippen molar-refractivity contribution in [2.24, 2.45) is 5.92 Å². The average molecular weight is 348 g/mol. The van der Waals surface area contributed by atoms with Crippen LogP contribution < -0.4 is 15.1 Å². The van der Waals surface area contributed by atoms with Crippen molar-refractivity contribution in [2.75, 3.05) is 24.5 Å². The van der Waals surface area contributed by atoms with E-state index in [1.54, 1.807) is 0 Å². The SMILES string of the molecule is CC(=O)NCC1CC[NH+]([C@@H]2CC(=O)N(c3ccc(F)cc3)C2=O)CC1. The number of imide groups is 1. The van der Waals surface area contributed by atoms with Gasteiger partial charge in [-0.2, -0.15) is 0 Å². The summed E-state index contributed by atoms with van der Waals surface area (Å²) in [5.41, 5.74) is 0.429. The number of hydrogen-bond donors (Lipinski definition) is 2. The molecule has 3 rings (SSSR count). The Morgan fingerprint density at radius 2 is 1.88 bits per heavy atom. The first-order chi connectivity index (χ1) is 12.0. The third kappa shape index (κ3) is 3.87. The van der Waals surface area contributed by atoms with Crippen LogP contribution in [0.4, 0.5) is 10.1 Å². The molecular formula is C18H23FN3O3+. The Kier molecular flexibility index (Phi) is 5.13. The zero-order chi connectivity index (χ0) is 18.0. The molecule has 0 aliphatic carbocycles. The van der Waals surface area contributed by atoms with E-state index in [0.717, 1.165) is 30.8 Å². The summed E-state index contributed by atoms with van der Waals surface area (Å²) in [5.74, 6) is -0.429. The van der Waals surface area contributed by atoms with E-state index in [1.165, 1.54) is 36.1 Å². The van der Waals surface area contributed by atoms with Crippen LogP contribution in [0.25, 0.3) is 0 Å². The van der Waals surface area contributed by atoms with E-state index in [4.69, 9.17) is 0 Å². The summed E-state index contributed by atoms with van der Waals surface area (Å²) in [6, 6.07) is 5.07. The van der Waals surface area contributed by atoms with Gasteiger partial charge in [-0.3, -0.25) is 14.4 Å². The fourth-order valence-electron chi connectivity index (χ4n) is 3.70. The highest BCUT2D eigenvalue weighted by atomic mass is 19.1. The van der Waals surface area contributed by atoms with Gasteiger partial charge in [0.25, 0.3) is 5.91 Å². The van der Waals surface area contributed by atoms with E-state index in [2.05, 4.69) is 5.32 Å². The third-order valence-corrected chi connectivity index (χ3v) is 5.11. The Labute approximate surface area is 146 Å². The smallest absolute Gasteiger partial charge is 0.292 e. The molecule has 1 aromatic rings. The molecule has 0 spiro atoms. The fourth-order valence-corrected chi connectivity index (χ4v) is 3.70. The zero-order valence-corrected chi connectivity index (χ0v) is 14.3. The number of quaternary nitrogens is 1. The van der Waals surface area contributed by atoms with E-state index in [-0.39, 0.29) is 30.2 Å². The molecule has 6 nitrogen and oxygen atoms in total. The molecule has 25 heavy (non-hydrogen) atoms. The molecule has 2 aliphatic rings. The van der Waals surface area contributed by atoms with Gasteiger partial charge in [-0.1, -0.05) is 0 Å². The second-order valence-electron chi connectivity index (χ2n) is 6.84. The van der Waals surface area contributed by atoms with E-state index < -0.39 is 5.82 Å². The Morgan fingerprint density at radius 1 is 1.24 bits per heavy atom. The summed E-state index contributed by atoms with van der Waals surface area (Å²) in [6.07, 6.45) is 2.04. The summed E-state index contributed by atoms with van der Waals surface area (Å²) >= 11 is 0. The second-order valence-corrected chi connectivity index (χ2v) is 6.84. The molecule has 2 heterocycles. The normalized spacial score (nSPS) is 26.8. The first-order valence-electron chi connectivity index (χ1n) is 8.67. The van der Waals surface area contributed by atoms with Gasteiger partial charge in [-0.25, -0.2) is 9.29 Å². The Balaban J connectivity index is 1.61. The van der Waals surface area contributed by atoms with Crippen molar-refractivity contribution >= 4 is 23.4 Å². The summed E-state index contributed by atoms with van der Waals surface area (Å²) in [4.78, 5) is 38.4. The van der Waals surface area contributed by atoms with Gasteiger partial charge in [0.1, 0.15) is 5.82 Å². The number of amides is 3. The molecule has 0 saturated carbocycles. The average Bonchev–Trinajstić information content (AvgIpc) is 2.89. The van der Waals surface area contributed by atoms with Crippen molar-refractivity contribution in [1.29, 1.82) is 0 Å². The third-order valence-electron chi connectivity index (χ3n) is 5.11. The molecule has 134 valence electrons. The van der Waals surface area contributed by atoms with Crippen LogP contribution in [0.15, 0.2) is 24.3 Å². The molecular weight excluding hydrogens is 325 g/mol. The van der Waals surface area contributed by atoms with Crippen molar-refractivity contribution in [3.8, 4) is 0 Å². The lowest BCUT2D eigenvalue weighted by Gasteiger charge is -2.32. The molecule has 1 aromatic carbocycles. The minimum absolute atomic E-state index is 0.0266. The van der Waals surface area contributed by atoms with Crippen molar-refractivity contribution in [3.63, 3.8) is 0 Å². The van der Waals surface area contributed by atoms with Crippen LogP contribution >= 0.6 is 0 Å². The summed E-state index contributed by atoms with van der Waals surface area (Å²) < 4.78 is 13.1. The molecule has 0 aromatic heterocycles. The van der Waals surface area contributed by atoms with Gasteiger partial charge in [0.2, 0.25) is 11.8 Å². The van der Waals surface area contributed by atoms with Crippen LogP contribution in [-0.2, 0) is 14.4 Å². The fraction of sp³-hybridized carbons (Fsp3) is 0.500. The van der Waals surface area contributed by atoms with Gasteiger partial charge in [0, 0.05) is 26.3 Å². The number of benzene rings is 1. The van der Waals surface area contributed by atoms with Gasteiger partial charge in [0.05, 0.1) is 25.2 Å². The molecule has 1 atom stereocenters. The van der Waals surface area contributed by atoms with Crippen LogP contribution in [0.3, 0.4) is 0 Å². The minimum Gasteiger partial charge on any atom is -0.356 e. The molecule has 0 radical (unpaired) electrons. The number of anilines is 1. The number of hydrogen-bond acceptors (Lipinski definition) is 3. The topological polar surface area (TPSA) is 70.9 Å². The molecule has 0 bridgehead atoms.